The van der Waals surface area contributed by atoms with Crippen LogP contribution in [0.4, 0.5) is 62.7 Å². The van der Waals surface area contributed by atoms with Crippen molar-refractivity contribution in [3.63, 3.8) is 0 Å². The fraction of sp³-hybridized carbons (Fsp3) is 0.581. The van der Waals surface area contributed by atoms with Gasteiger partial charge in [-0.3, -0.25) is 0 Å². The molecule has 0 atom stereocenters. The van der Waals surface area contributed by atoms with Gasteiger partial charge in [0.25, 0.3) is 0 Å². The number of amides is 2. The van der Waals surface area contributed by atoms with Crippen LogP contribution >= 0.6 is 0 Å². The Hall–Kier alpha value is -3.41. The maximum absolute atomic E-state index is 15.5. The highest BCUT2D eigenvalue weighted by molar-refractivity contribution is 6.04. The van der Waals surface area contributed by atoms with E-state index in [-0.39, 0.29) is 39.3 Å². The molecule has 2 aromatic carbocycles. The van der Waals surface area contributed by atoms with Crippen LogP contribution in [0.5, 0.6) is 0 Å². The number of hydrogen-bond donors (Lipinski definition) is 4. The number of anilines is 4. The third-order valence-electron chi connectivity index (χ3n) is 7.87. The molecule has 0 spiro atoms. The standard InChI is InChI=1S/C31H46F8N8O/c1-5-44(6-2)13-15-46(11-9-40)27-23(32)17-21(30(34,35)36)19-25(27)42-29(48)43-26-20-22(31(37,38)39)18-24(33)28(26)47(12-10-41)16-14-45(7-3)8-4/h17-20H,5-16,40-41H2,1-4H3,(H2,42,43,48). The molecule has 2 aromatic rings. The number of rotatable bonds is 18. The second-order valence-corrected chi connectivity index (χ2v) is 10.9. The topological polar surface area (TPSA) is 106 Å². The summed E-state index contributed by atoms with van der Waals surface area (Å²) >= 11 is 0. The van der Waals surface area contributed by atoms with Crippen LogP contribution in [0.25, 0.3) is 0 Å². The van der Waals surface area contributed by atoms with Crippen molar-refractivity contribution in [1.29, 1.82) is 0 Å². The molecule has 0 saturated carbocycles. The van der Waals surface area contributed by atoms with Crippen LogP contribution in [0.3, 0.4) is 0 Å². The molecule has 48 heavy (non-hydrogen) atoms. The van der Waals surface area contributed by atoms with Crippen molar-refractivity contribution in [2.24, 2.45) is 11.5 Å². The van der Waals surface area contributed by atoms with Crippen LogP contribution < -0.4 is 31.9 Å². The molecule has 2 rings (SSSR count). The molecule has 17 heteroatoms. The van der Waals surface area contributed by atoms with Crippen LogP contribution in [0, 0.1) is 11.6 Å². The predicted octanol–water partition coefficient (Wildman–Crippen LogP) is 5.86. The summed E-state index contributed by atoms with van der Waals surface area (Å²) in [6, 6.07) is 0.303. The predicted molar refractivity (Wildman–Crippen MR) is 174 cm³/mol. The Morgan fingerprint density at radius 3 is 1.21 bits per heavy atom. The van der Waals surface area contributed by atoms with Gasteiger partial charge in [-0.25, -0.2) is 13.6 Å². The highest BCUT2D eigenvalue weighted by Crippen LogP contribution is 2.40. The van der Waals surface area contributed by atoms with Crippen molar-refractivity contribution < 1.29 is 39.9 Å². The van der Waals surface area contributed by atoms with E-state index in [0.29, 0.717) is 63.5 Å². The molecule has 9 nitrogen and oxygen atoms in total. The maximum atomic E-state index is 15.5. The number of urea groups is 1. The van der Waals surface area contributed by atoms with E-state index in [1.807, 2.05) is 37.5 Å². The fourth-order valence-electron chi connectivity index (χ4n) is 5.22. The number of nitrogens with zero attached hydrogens (tertiary/aromatic N) is 4. The molecule has 272 valence electrons. The Balaban J connectivity index is 2.64. The SMILES string of the molecule is CCN(CC)CCN(CCN)c1c(F)cc(C(F)(F)F)cc1NC(=O)Nc1cc(C(F)(F)F)cc(F)c1N(CCN)CCN(CC)CC. The summed E-state index contributed by atoms with van der Waals surface area (Å²) < 4.78 is 114. The van der Waals surface area contributed by atoms with Gasteiger partial charge in [0.1, 0.15) is 11.6 Å². The van der Waals surface area contributed by atoms with Crippen molar-refractivity contribution in [3.8, 4) is 0 Å². The van der Waals surface area contributed by atoms with E-state index in [9.17, 15) is 31.1 Å². The minimum atomic E-state index is -5.00. The molecule has 0 heterocycles. The van der Waals surface area contributed by atoms with Crippen LogP contribution in [0.1, 0.15) is 38.8 Å². The van der Waals surface area contributed by atoms with E-state index in [1.165, 1.54) is 9.80 Å². The molecule has 0 saturated heterocycles. The zero-order chi connectivity index (χ0) is 36.2. The lowest BCUT2D eigenvalue weighted by Gasteiger charge is -2.31. The number of alkyl halides is 6. The quantitative estimate of drug-likeness (QED) is 0.145. The Morgan fingerprint density at radius 2 is 0.938 bits per heavy atom. The number of carbonyl (C=O) groups excluding carboxylic acids is 1. The number of nitrogens with one attached hydrogen (secondary N) is 2. The molecular weight excluding hydrogens is 652 g/mol. The van der Waals surface area contributed by atoms with Crippen LogP contribution in [-0.4, -0.2) is 94.4 Å². The molecule has 2 amide bonds. The summed E-state index contributed by atoms with van der Waals surface area (Å²) in [6.45, 7) is 11.2. The van der Waals surface area contributed by atoms with Gasteiger partial charge in [0.15, 0.2) is 0 Å². The Labute approximate surface area is 276 Å². The molecule has 0 aromatic heterocycles. The average Bonchev–Trinajstić information content (AvgIpc) is 3.00. The van der Waals surface area contributed by atoms with Crippen molar-refractivity contribution in [2.45, 2.75) is 40.0 Å². The molecule has 0 bridgehead atoms. The van der Waals surface area contributed by atoms with Gasteiger partial charge in [0.05, 0.1) is 33.9 Å². The van der Waals surface area contributed by atoms with Gasteiger partial charge in [-0.2, -0.15) is 26.3 Å². The van der Waals surface area contributed by atoms with E-state index in [0.717, 1.165) is 0 Å². The number of halogens is 8. The summed E-state index contributed by atoms with van der Waals surface area (Å²) in [7, 11) is 0. The molecule has 0 aliphatic heterocycles. The average molecular weight is 699 g/mol. The zero-order valence-corrected chi connectivity index (χ0v) is 27.7. The number of benzene rings is 2. The van der Waals surface area contributed by atoms with Crippen molar-refractivity contribution in [2.75, 3.05) is 99.0 Å². The largest absolute Gasteiger partial charge is 0.416 e. The van der Waals surface area contributed by atoms with E-state index >= 15 is 8.78 Å². The van der Waals surface area contributed by atoms with Gasteiger partial charge in [0, 0.05) is 52.4 Å². The first-order valence-electron chi connectivity index (χ1n) is 15.8. The number of hydrogen-bond acceptors (Lipinski definition) is 7. The van der Waals surface area contributed by atoms with E-state index in [1.54, 1.807) is 0 Å². The minimum Gasteiger partial charge on any atom is -0.365 e. The lowest BCUT2D eigenvalue weighted by molar-refractivity contribution is -0.138. The maximum Gasteiger partial charge on any atom is 0.416 e. The van der Waals surface area contributed by atoms with Crippen LogP contribution in [0.15, 0.2) is 24.3 Å². The van der Waals surface area contributed by atoms with Crippen molar-refractivity contribution in [3.05, 3.63) is 47.0 Å². The molecule has 0 fully saturated rings. The van der Waals surface area contributed by atoms with Gasteiger partial charge in [-0.05, 0) is 50.4 Å². The Kier molecular flexibility index (Phi) is 15.6. The summed E-state index contributed by atoms with van der Waals surface area (Å²) in [5.41, 5.74) is 6.64. The zero-order valence-electron chi connectivity index (χ0n) is 27.7. The molecule has 0 aliphatic rings. The Morgan fingerprint density at radius 1 is 0.604 bits per heavy atom. The summed E-state index contributed by atoms with van der Waals surface area (Å²) in [5, 5.41) is 4.34. The highest BCUT2D eigenvalue weighted by Gasteiger charge is 2.35. The number of nitrogens with two attached hydrogens (primary N) is 2. The smallest absolute Gasteiger partial charge is 0.365 e. The molecule has 0 radical (unpaired) electrons. The highest BCUT2D eigenvalue weighted by atomic mass is 19.4. The first-order valence-corrected chi connectivity index (χ1v) is 15.8. The molecule has 0 unspecified atom stereocenters. The normalized spacial score (nSPS) is 12.2. The fourth-order valence-corrected chi connectivity index (χ4v) is 5.22. The van der Waals surface area contributed by atoms with Gasteiger partial charge in [-0.1, -0.05) is 27.7 Å². The Bertz CT molecular complexity index is 1220. The molecule has 6 N–H and O–H groups in total. The van der Waals surface area contributed by atoms with E-state index in [4.69, 9.17) is 11.5 Å². The minimum absolute atomic E-state index is 0.00340. The molecule has 0 aliphatic carbocycles. The summed E-state index contributed by atoms with van der Waals surface area (Å²) in [5.74, 6) is -2.60. The van der Waals surface area contributed by atoms with E-state index < -0.39 is 63.9 Å². The second-order valence-electron chi connectivity index (χ2n) is 10.9. The third-order valence-corrected chi connectivity index (χ3v) is 7.87. The lowest BCUT2D eigenvalue weighted by atomic mass is 10.1. The van der Waals surface area contributed by atoms with Gasteiger partial charge in [0.2, 0.25) is 0 Å². The second kappa shape index (κ2) is 18.4. The van der Waals surface area contributed by atoms with E-state index in [2.05, 4.69) is 10.6 Å². The van der Waals surface area contributed by atoms with Gasteiger partial charge < -0.3 is 41.7 Å². The third kappa shape index (κ3) is 11.3. The number of likely N-dealkylation sites (N-methyl/N-ethyl adjacent to an activating group) is 2. The lowest BCUT2D eigenvalue weighted by Crippen LogP contribution is -2.39. The molecular formula is C31H46F8N8O. The first kappa shape index (κ1) is 40.8. The summed E-state index contributed by atoms with van der Waals surface area (Å²) in [6.07, 6.45) is -10.0. The van der Waals surface area contributed by atoms with Crippen molar-refractivity contribution in [1.82, 2.24) is 9.80 Å². The van der Waals surface area contributed by atoms with Gasteiger partial charge in [-0.15, -0.1) is 0 Å². The monoisotopic (exact) mass is 698 g/mol. The summed E-state index contributed by atoms with van der Waals surface area (Å²) in [4.78, 5) is 20.1. The first-order chi connectivity index (χ1) is 22.5. The van der Waals surface area contributed by atoms with Crippen molar-refractivity contribution >= 4 is 28.8 Å². The van der Waals surface area contributed by atoms with Crippen LogP contribution in [0.2, 0.25) is 0 Å². The van der Waals surface area contributed by atoms with Crippen LogP contribution in [-0.2, 0) is 12.4 Å². The number of carbonyl (C=O) groups is 1. The van der Waals surface area contributed by atoms with Gasteiger partial charge >= 0.3 is 18.4 Å².